The summed E-state index contributed by atoms with van der Waals surface area (Å²) in [7, 11) is 0. The zero-order chi connectivity index (χ0) is 14.8. The fourth-order valence-corrected chi connectivity index (χ4v) is 2.65. The molecule has 3 rings (SSSR count). The molecule has 2 aromatic rings. The number of nitro benzene ring substituents is 1. The largest absolute Gasteiger partial charge is 0.376 e. The predicted molar refractivity (Wildman–Crippen MR) is 78.0 cm³/mol. The monoisotopic (exact) mass is 290 g/mol. The topological polar surface area (TPSA) is 73.4 Å². The third kappa shape index (κ3) is 2.88. The lowest BCUT2D eigenvalue weighted by atomic mass is 10.2. The van der Waals surface area contributed by atoms with Gasteiger partial charge >= 0.3 is 0 Å². The minimum absolute atomic E-state index is 0.0967. The summed E-state index contributed by atoms with van der Waals surface area (Å²) in [5.41, 5.74) is 1.01. The van der Waals surface area contributed by atoms with Crippen LogP contribution in [-0.4, -0.2) is 45.4 Å². The number of hydrogen-bond acceptors (Lipinski definition) is 5. The zero-order valence-corrected chi connectivity index (χ0v) is 11.9. The molecule has 112 valence electrons. The second kappa shape index (κ2) is 5.79. The molecule has 1 aromatic heterocycles. The highest BCUT2D eigenvalue weighted by atomic mass is 16.6. The Labute approximate surface area is 122 Å². The van der Waals surface area contributed by atoms with Crippen molar-refractivity contribution in [3.8, 4) is 0 Å². The van der Waals surface area contributed by atoms with Gasteiger partial charge in [-0.15, -0.1) is 0 Å². The van der Waals surface area contributed by atoms with Crippen molar-refractivity contribution in [2.75, 3.05) is 19.7 Å². The number of non-ortho nitro benzene ring substituents is 1. The molecule has 0 radical (unpaired) electrons. The van der Waals surface area contributed by atoms with E-state index in [-0.39, 0.29) is 16.7 Å². The Morgan fingerprint density at radius 2 is 2.38 bits per heavy atom. The predicted octanol–water partition coefficient (Wildman–Crippen LogP) is 2.01. The third-order valence-corrected chi connectivity index (χ3v) is 3.85. The molecule has 0 spiro atoms. The van der Waals surface area contributed by atoms with E-state index in [0.29, 0.717) is 6.67 Å². The van der Waals surface area contributed by atoms with Crippen molar-refractivity contribution in [1.29, 1.82) is 0 Å². The minimum atomic E-state index is -0.384. The second-order valence-corrected chi connectivity index (χ2v) is 5.26. The molecule has 0 saturated carbocycles. The Bertz CT molecular complexity index is 655. The van der Waals surface area contributed by atoms with Gasteiger partial charge in [0.25, 0.3) is 5.69 Å². The van der Waals surface area contributed by atoms with Crippen molar-refractivity contribution in [2.24, 2.45) is 0 Å². The molecule has 1 unspecified atom stereocenters. The number of morpholine rings is 1. The van der Waals surface area contributed by atoms with Crippen LogP contribution in [0.1, 0.15) is 13.3 Å². The molecule has 0 aliphatic carbocycles. The highest BCUT2D eigenvalue weighted by Gasteiger charge is 2.20. The lowest BCUT2D eigenvalue weighted by molar-refractivity contribution is -0.384. The standard InChI is InChI=1S/C14H18N4O3/c1-2-13-9-16(5-6-21-13)10-17-14-4-3-12(18(19)20)7-11(14)8-15-17/h3-4,7-8,13H,2,5-6,9-10H2,1H3. The number of rotatable bonds is 4. The van der Waals surface area contributed by atoms with Gasteiger partial charge in [-0.1, -0.05) is 6.92 Å². The fraction of sp³-hybridized carbons (Fsp3) is 0.500. The molecule has 7 nitrogen and oxygen atoms in total. The molecular weight excluding hydrogens is 272 g/mol. The van der Waals surface area contributed by atoms with Gasteiger partial charge in [-0.05, 0) is 12.5 Å². The van der Waals surface area contributed by atoms with E-state index in [9.17, 15) is 10.1 Å². The van der Waals surface area contributed by atoms with Gasteiger partial charge in [0.1, 0.15) is 0 Å². The molecule has 1 aliphatic heterocycles. The van der Waals surface area contributed by atoms with Crippen molar-refractivity contribution in [3.05, 3.63) is 34.5 Å². The first-order valence-corrected chi connectivity index (χ1v) is 7.11. The second-order valence-electron chi connectivity index (χ2n) is 5.26. The number of fused-ring (bicyclic) bond motifs is 1. The highest BCUT2D eigenvalue weighted by molar-refractivity contribution is 5.81. The number of nitro groups is 1. The lowest BCUT2D eigenvalue weighted by Crippen LogP contribution is -2.42. The Balaban J connectivity index is 1.79. The van der Waals surface area contributed by atoms with Gasteiger partial charge < -0.3 is 4.74 Å². The van der Waals surface area contributed by atoms with E-state index in [1.807, 2.05) is 4.68 Å². The van der Waals surface area contributed by atoms with E-state index in [4.69, 9.17) is 4.74 Å². The summed E-state index contributed by atoms with van der Waals surface area (Å²) < 4.78 is 7.55. The number of benzene rings is 1. The van der Waals surface area contributed by atoms with Crippen molar-refractivity contribution >= 4 is 16.6 Å². The molecule has 0 amide bonds. The van der Waals surface area contributed by atoms with E-state index in [1.165, 1.54) is 6.07 Å². The van der Waals surface area contributed by atoms with Gasteiger partial charge in [-0.2, -0.15) is 5.10 Å². The lowest BCUT2D eigenvalue weighted by Gasteiger charge is -2.32. The SMILES string of the molecule is CCC1CN(Cn2ncc3cc([N+](=O)[O-])ccc32)CCO1. The molecule has 1 aromatic carbocycles. The Kier molecular flexibility index (Phi) is 3.85. The van der Waals surface area contributed by atoms with Crippen LogP contribution in [-0.2, 0) is 11.4 Å². The van der Waals surface area contributed by atoms with Crippen LogP contribution in [0.5, 0.6) is 0 Å². The maximum atomic E-state index is 10.8. The van der Waals surface area contributed by atoms with Gasteiger partial charge in [0.15, 0.2) is 0 Å². The average Bonchev–Trinajstić information content (AvgIpc) is 2.90. The van der Waals surface area contributed by atoms with Gasteiger partial charge in [0.2, 0.25) is 0 Å². The van der Waals surface area contributed by atoms with Crippen LogP contribution < -0.4 is 0 Å². The van der Waals surface area contributed by atoms with Gasteiger partial charge in [0, 0.05) is 30.6 Å². The average molecular weight is 290 g/mol. The number of aromatic nitrogens is 2. The Morgan fingerprint density at radius 1 is 1.52 bits per heavy atom. The number of hydrogen-bond donors (Lipinski definition) is 0. The molecule has 1 atom stereocenters. The summed E-state index contributed by atoms with van der Waals surface area (Å²) in [6.07, 6.45) is 2.96. The molecule has 0 N–H and O–H groups in total. The molecule has 1 aliphatic rings. The quantitative estimate of drug-likeness (QED) is 0.636. The van der Waals surface area contributed by atoms with Crippen LogP contribution in [0, 0.1) is 10.1 Å². The smallest absolute Gasteiger partial charge is 0.270 e. The van der Waals surface area contributed by atoms with E-state index in [0.717, 1.165) is 37.0 Å². The van der Waals surface area contributed by atoms with Gasteiger partial charge in [-0.3, -0.25) is 19.7 Å². The maximum absolute atomic E-state index is 10.8. The summed E-state index contributed by atoms with van der Waals surface area (Å²) in [4.78, 5) is 12.7. The highest BCUT2D eigenvalue weighted by Crippen LogP contribution is 2.21. The normalized spacial score (nSPS) is 20.0. The first-order valence-electron chi connectivity index (χ1n) is 7.11. The van der Waals surface area contributed by atoms with Gasteiger partial charge in [-0.25, -0.2) is 0 Å². The maximum Gasteiger partial charge on any atom is 0.270 e. The molecule has 1 fully saturated rings. The first-order chi connectivity index (χ1) is 10.2. The van der Waals surface area contributed by atoms with Crippen molar-refractivity contribution in [3.63, 3.8) is 0 Å². The van der Waals surface area contributed by atoms with Crippen LogP contribution in [0.25, 0.3) is 10.9 Å². The van der Waals surface area contributed by atoms with Crippen molar-refractivity contribution in [1.82, 2.24) is 14.7 Å². The van der Waals surface area contributed by atoms with Crippen LogP contribution in [0.2, 0.25) is 0 Å². The van der Waals surface area contributed by atoms with E-state index in [2.05, 4.69) is 16.9 Å². The van der Waals surface area contributed by atoms with E-state index < -0.39 is 0 Å². The summed E-state index contributed by atoms with van der Waals surface area (Å²) in [5, 5.41) is 15.9. The molecule has 21 heavy (non-hydrogen) atoms. The molecule has 0 bridgehead atoms. The third-order valence-electron chi connectivity index (χ3n) is 3.85. The first kappa shape index (κ1) is 14.0. The van der Waals surface area contributed by atoms with Crippen molar-refractivity contribution in [2.45, 2.75) is 26.1 Å². The van der Waals surface area contributed by atoms with Crippen LogP contribution in [0.15, 0.2) is 24.4 Å². The summed E-state index contributed by atoms with van der Waals surface area (Å²) >= 11 is 0. The summed E-state index contributed by atoms with van der Waals surface area (Å²) in [6, 6.07) is 4.85. The fourth-order valence-electron chi connectivity index (χ4n) is 2.65. The number of ether oxygens (including phenoxy) is 1. The van der Waals surface area contributed by atoms with Crippen LogP contribution in [0.4, 0.5) is 5.69 Å². The zero-order valence-electron chi connectivity index (χ0n) is 11.9. The van der Waals surface area contributed by atoms with Crippen LogP contribution >= 0.6 is 0 Å². The Morgan fingerprint density at radius 3 is 3.14 bits per heavy atom. The van der Waals surface area contributed by atoms with Gasteiger partial charge in [0.05, 0.1) is 36.0 Å². The van der Waals surface area contributed by atoms with E-state index >= 15 is 0 Å². The van der Waals surface area contributed by atoms with E-state index in [1.54, 1.807) is 18.3 Å². The molecule has 1 saturated heterocycles. The minimum Gasteiger partial charge on any atom is -0.376 e. The summed E-state index contributed by atoms with van der Waals surface area (Å²) in [5.74, 6) is 0. The number of nitrogens with zero attached hydrogens (tertiary/aromatic N) is 4. The Hall–Kier alpha value is -1.99. The molecule has 7 heteroatoms. The van der Waals surface area contributed by atoms with Crippen molar-refractivity contribution < 1.29 is 9.66 Å². The summed E-state index contributed by atoms with van der Waals surface area (Å²) in [6.45, 7) is 5.32. The molecular formula is C14H18N4O3. The molecule has 2 heterocycles. The van der Waals surface area contributed by atoms with Crippen LogP contribution in [0.3, 0.4) is 0 Å².